The minimum Gasteiger partial charge on any atom is -0.465 e. The molecule has 0 fully saturated rings. The molecule has 0 bridgehead atoms. The third kappa shape index (κ3) is 5.02. The first kappa shape index (κ1) is 11.5. The first-order valence-corrected chi connectivity index (χ1v) is 4.93. The Morgan fingerprint density at radius 2 is 2.40 bits per heavy atom. The van der Waals surface area contributed by atoms with Gasteiger partial charge in [0.25, 0.3) is 0 Å². The van der Waals surface area contributed by atoms with Crippen LogP contribution in [0.25, 0.3) is 6.08 Å². The van der Waals surface area contributed by atoms with Crippen LogP contribution in [0.2, 0.25) is 0 Å². The van der Waals surface area contributed by atoms with E-state index in [9.17, 15) is 4.79 Å². The smallest absolute Gasteiger partial charge is 0.244 e. The van der Waals surface area contributed by atoms with Crippen LogP contribution in [0.5, 0.6) is 0 Å². The fraction of sp³-hybridized carbons (Fsp3) is 0.364. The summed E-state index contributed by atoms with van der Waals surface area (Å²) in [5, 5.41) is 11.2. The van der Waals surface area contributed by atoms with E-state index in [1.165, 1.54) is 6.08 Å². The fourth-order valence-electron chi connectivity index (χ4n) is 1.05. The zero-order chi connectivity index (χ0) is 10.9. The highest BCUT2D eigenvalue weighted by Gasteiger charge is 1.95. The number of furan rings is 1. The van der Waals surface area contributed by atoms with E-state index < -0.39 is 0 Å². The molecular formula is C11H15NO3. The molecule has 1 amide bonds. The van der Waals surface area contributed by atoms with Crippen LogP contribution in [0.1, 0.15) is 18.6 Å². The number of carbonyl (C=O) groups excluding carboxylic acids is 1. The Morgan fingerprint density at radius 3 is 3.07 bits per heavy atom. The molecule has 1 heterocycles. The number of amides is 1. The van der Waals surface area contributed by atoms with E-state index >= 15 is 0 Å². The lowest BCUT2D eigenvalue weighted by molar-refractivity contribution is -0.116. The van der Waals surface area contributed by atoms with E-state index in [0.717, 1.165) is 6.42 Å². The highest BCUT2D eigenvalue weighted by molar-refractivity contribution is 5.91. The molecule has 0 saturated carbocycles. The first-order valence-electron chi connectivity index (χ1n) is 4.93. The van der Waals surface area contributed by atoms with Gasteiger partial charge in [-0.1, -0.05) is 0 Å². The SMILES string of the molecule is O=C(/C=C/c1ccco1)NCCCCO. The van der Waals surface area contributed by atoms with Gasteiger partial charge in [-0.2, -0.15) is 0 Å². The molecule has 1 rings (SSSR count). The average Bonchev–Trinajstić information content (AvgIpc) is 2.74. The van der Waals surface area contributed by atoms with Crippen LogP contribution in [-0.2, 0) is 4.79 Å². The van der Waals surface area contributed by atoms with Crippen molar-refractivity contribution in [1.29, 1.82) is 0 Å². The second-order valence-electron chi connectivity index (χ2n) is 3.07. The van der Waals surface area contributed by atoms with Crippen molar-refractivity contribution in [3.05, 3.63) is 30.2 Å². The van der Waals surface area contributed by atoms with Crippen LogP contribution in [0.4, 0.5) is 0 Å². The summed E-state index contributed by atoms with van der Waals surface area (Å²) in [6.45, 7) is 0.750. The highest BCUT2D eigenvalue weighted by atomic mass is 16.3. The summed E-state index contributed by atoms with van der Waals surface area (Å²) in [6, 6.07) is 3.54. The van der Waals surface area contributed by atoms with Crippen LogP contribution in [0.15, 0.2) is 28.9 Å². The molecule has 0 saturated heterocycles. The lowest BCUT2D eigenvalue weighted by Gasteiger charge is -1.99. The summed E-state index contributed by atoms with van der Waals surface area (Å²) >= 11 is 0. The normalized spacial score (nSPS) is 10.7. The van der Waals surface area contributed by atoms with Gasteiger partial charge in [0.15, 0.2) is 0 Å². The van der Waals surface area contributed by atoms with E-state index in [4.69, 9.17) is 9.52 Å². The number of nitrogens with one attached hydrogen (secondary N) is 1. The molecule has 4 nitrogen and oxygen atoms in total. The summed E-state index contributed by atoms with van der Waals surface area (Å²) in [5.74, 6) is 0.504. The van der Waals surface area contributed by atoms with Gasteiger partial charge in [-0.25, -0.2) is 0 Å². The molecule has 1 aromatic rings. The Labute approximate surface area is 88.6 Å². The van der Waals surface area contributed by atoms with Crippen molar-refractivity contribution in [2.75, 3.05) is 13.2 Å². The van der Waals surface area contributed by atoms with Crippen molar-refractivity contribution in [2.45, 2.75) is 12.8 Å². The summed E-state index contributed by atoms with van der Waals surface area (Å²) in [5.41, 5.74) is 0. The van der Waals surface area contributed by atoms with Gasteiger partial charge in [0.1, 0.15) is 5.76 Å². The average molecular weight is 209 g/mol. The van der Waals surface area contributed by atoms with Crippen LogP contribution in [0.3, 0.4) is 0 Å². The molecule has 0 aliphatic carbocycles. The number of hydrogen-bond donors (Lipinski definition) is 2. The van der Waals surface area contributed by atoms with Crippen molar-refractivity contribution in [3.8, 4) is 0 Å². The predicted molar refractivity (Wildman–Crippen MR) is 57.1 cm³/mol. The standard InChI is InChI=1S/C11H15NO3/c13-8-2-1-7-12-11(14)6-5-10-4-3-9-15-10/h3-6,9,13H,1-2,7-8H2,(H,12,14)/b6-5+. The number of rotatable bonds is 6. The number of aliphatic hydroxyl groups is 1. The molecule has 15 heavy (non-hydrogen) atoms. The Morgan fingerprint density at radius 1 is 1.53 bits per heavy atom. The number of carbonyl (C=O) groups is 1. The first-order chi connectivity index (χ1) is 7.33. The van der Waals surface area contributed by atoms with Gasteiger partial charge in [-0.15, -0.1) is 0 Å². The van der Waals surface area contributed by atoms with Crippen molar-refractivity contribution < 1.29 is 14.3 Å². The van der Waals surface area contributed by atoms with E-state index in [2.05, 4.69) is 5.32 Å². The zero-order valence-corrected chi connectivity index (χ0v) is 8.48. The van der Waals surface area contributed by atoms with Gasteiger partial charge >= 0.3 is 0 Å². The summed E-state index contributed by atoms with van der Waals surface area (Å²) in [4.78, 5) is 11.2. The predicted octanol–water partition coefficient (Wildman–Crippen LogP) is 1.18. The Bertz CT molecular complexity index is 304. The van der Waals surface area contributed by atoms with Gasteiger partial charge in [0, 0.05) is 19.2 Å². The fourth-order valence-corrected chi connectivity index (χ4v) is 1.05. The maximum Gasteiger partial charge on any atom is 0.244 e. The maximum atomic E-state index is 11.2. The van der Waals surface area contributed by atoms with E-state index in [0.29, 0.717) is 18.7 Å². The summed E-state index contributed by atoms with van der Waals surface area (Å²) in [7, 11) is 0. The van der Waals surface area contributed by atoms with Crippen LogP contribution in [0, 0.1) is 0 Å². The lowest BCUT2D eigenvalue weighted by atomic mass is 10.3. The molecule has 1 aromatic heterocycles. The monoisotopic (exact) mass is 209 g/mol. The molecule has 0 radical (unpaired) electrons. The Hall–Kier alpha value is -1.55. The number of aliphatic hydroxyl groups excluding tert-OH is 1. The zero-order valence-electron chi connectivity index (χ0n) is 8.48. The minimum absolute atomic E-state index is 0.149. The van der Waals surface area contributed by atoms with E-state index in [-0.39, 0.29) is 12.5 Å². The molecule has 0 aromatic carbocycles. The molecule has 82 valence electrons. The van der Waals surface area contributed by atoms with Gasteiger partial charge < -0.3 is 14.8 Å². The third-order valence-corrected chi connectivity index (χ3v) is 1.83. The van der Waals surface area contributed by atoms with Crippen molar-refractivity contribution >= 4 is 12.0 Å². The van der Waals surface area contributed by atoms with Crippen molar-refractivity contribution in [3.63, 3.8) is 0 Å². The summed E-state index contributed by atoms with van der Waals surface area (Å²) < 4.78 is 5.03. The molecule has 2 N–H and O–H groups in total. The second-order valence-corrected chi connectivity index (χ2v) is 3.07. The topological polar surface area (TPSA) is 62.5 Å². The summed E-state index contributed by atoms with van der Waals surface area (Å²) in [6.07, 6.45) is 6.09. The minimum atomic E-state index is -0.149. The van der Waals surface area contributed by atoms with Gasteiger partial charge in [0.2, 0.25) is 5.91 Å². The Kier molecular flexibility index (Phi) is 5.25. The lowest BCUT2D eigenvalue weighted by Crippen LogP contribution is -2.22. The van der Waals surface area contributed by atoms with Gasteiger partial charge in [-0.3, -0.25) is 4.79 Å². The molecule has 0 atom stereocenters. The maximum absolute atomic E-state index is 11.2. The Balaban J connectivity index is 2.18. The largest absolute Gasteiger partial charge is 0.465 e. The quantitative estimate of drug-likeness (QED) is 0.546. The van der Waals surface area contributed by atoms with Crippen molar-refractivity contribution in [1.82, 2.24) is 5.32 Å². The molecule has 0 aliphatic rings. The van der Waals surface area contributed by atoms with Crippen molar-refractivity contribution in [2.24, 2.45) is 0 Å². The van der Waals surface area contributed by atoms with Gasteiger partial charge in [0.05, 0.1) is 6.26 Å². The van der Waals surface area contributed by atoms with Crippen LogP contribution < -0.4 is 5.32 Å². The second kappa shape index (κ2) is 6.84. The van der Waals surface area contributed by atoms with E-state index in [1.807, 2.05) is 0 Å². The molecule has 4 heteroatoms. The number of unbranched alkanes of at least 4 members (excludes halogenated alkanes) is 1. The van der Waals surface area contributed by atoms with Crippen LogP contribution in [-0.4, -0.2) is 24.2 Å². The van der Waals surface area contributed by atoms with E-state index in [1.54, 1.807) is 24.5 Å². The van der Waals surface area contributed by atoms with Gasteiger partial charge in [-0.05, 0) is 31.1 Å². The molecule has 0 aliphatic heterocycles. The molecule has 0 spiro atoms. The highest BCUT2D eigenvalue weighted by Crippen LogP contribution is 2.01. The number of hydrogen-bond acceptors (Lipinski definition) is 3. The molecular weight excluding hydrogens is 194 g/mol. The molecule has 0 unspecified atom stereocenters. The third-order valence-electron chi connectivity index (χ3n) is 1.83. The van der Waals surface area contributed by atoms with Crippen LogP contribution >= 0.6 is 0 Å².